The van der Waals surface area contributed by atoms with Crippen molar-refractivity contribution in [2.75, 3.05) is 5.32 Å². The molecule has 5 nitrogen and oxygen atoms in total. The van der Waals surface area contributed by atoms with Crippen LogP contribution in [0, 0.1) is 0 Å². The van der Waals surface area contributed by atoms with Gasteiger partial charge in [0.05, 0.1) is 0 Å². The van der Waals surface area contributed by atoms with Gasteiger partial charge in [0.15, 0.2) is 6.10 Å². The highest BCUT2D eigenvalue weighted by molar-refractivity contribution is 7.88. The van der Waals surface area contributed by atoms with Crippen molar-refractivity contribution in [3.05, 3.63) is 48.6 Å². The number of alkyl halides is 5. The molecule has 1 aromatic rings. The Morgan fingerprint density at radius 3 is 2.15 bits per heavy atom. The lowest BCUT2D eigenvalue weighted by atomic mass is 10.1. The summed E-state index contributed by atoms with van der Waals surface area (Å²) < 4.78 is 93.4. The topological polar surface area (TPSA) is 72.5 Å². The predicted molar refractivity (Wildman–Crippen MR) is 89.4 cm³/mol. The van der Waals surface area contributed by atoms with Crippen LogP contribution in [0.4, 0.5) is 27.6 Å². The largest absolute Gasteiger partial charge is 0.447 e. The van der Waals surface area contributed by atoms with Gasteiger partial charge in [0.2, 0.25) is 0 Å². The van der Waals surface area contributed by atoms with Crippen molar-refractivity contribution in [2.24, 2.45) is 0 Å². The van der Waals surface area contributed by atoms with Crippen LogP contribution in [0.2, 0.25) is 0 Å². The third-order valence-corrected chi connectivity index (χ3v) is 4.42. The number of anilines is 1. The fourth-order valence-corrected chi connectivity index (χ4v) is 2.64. The quantitative estimate of drug-likeness (QED) is 0.396. The number of carbonyl (C=O) groups excluding carboxylic acids is 1. The highest BCUT2D eigenvalue weighted by Crippen LogP contribution is 2.33. The molecular weight excluding hydrogens is 397 g/mol. The van der Waals surface area contributed by atoms with Crippen LogP contribution in [0.3, 0.4) is 0 Å². The van der Waals surface area contributed by atoms with Crippen LogP contribution in [0.15, 0.2) is 43.0 Å². The van der Waals surface area contributed by atoms with E-state index in [2.05, 4.69) is 17.3 Å². The maximum atomic E-state index is 14.0. The third kappa shape index (κ3) is 5.86. The lowest BCUT2D eigenvalue weighted by molar-refractivity contribution is -0.195. The van der Waals surface area contributed by atoms with E-state index in [0.717, 1.165) is 6.92 Å². The molecule has 1 atom stereocenters. The summed E-state index contributed by atoms with van der Waals surface area (Å²) in [6.45, 7) is 7.75. The van der Waals surface area contributed by atoms with Gasteiger partial charge in [0.1, 0.15) is 0 Å². The van der Waals surface area contributed by atoms with Crippen molar-refractivity contribution in [3.8, 4) is 0 Å². The summed E-state index contributed by atoms with van der Waals surface area (Å²) in [7, 11) is -6.24. The van der Waals surface area contributed by atoms with Crippen LogP contribution in [-0.2, 0) is 19.1 Å². The van der Waals surface area contributed by atoms with Gasteiger partial charge in [0, 0.05) is 12.1 Å². The second kappa shape index (κ2) is 8.17. The first kappa shape index (κ1) is 22.8. The summed E-state index contributed by atoms with van der Waals surface area (Å²) in [6.07, 6.45) is -7.99. The van der Waals surface area contributed by atoms with E-state index in [1.54, 1.807) is 5.32 Å². The smallest absolute Gasteiger partial charge is 0.320 e. The molecule has 1 rings (SSSR count). The average Bonchev–Trinajstić information content (AvgIpc) is 2.53. The van der Waals surface area contributed by atoms with E-state index in [-0.39, 0.29) is 11.3 Å². The first-order valence-electron chi connectivity index (χ1n) is 7.26. The fourth-order valence-electron chi connectivity index (χ4n) is 1.75. The van der Waals surface area contributed by atoms with Crippen molar-refractivity contribution < 1.29 is 39.3 Å². The highest BCUT2D eigenvalue weighted by atomic mass is 32.2. The molecule has 0 heterocycles. The minimum Gasteiger partial charge on any atom is -0.320 e. The lowest BCUT2D eigenvalue weighted by Crippen LogP contribution is -2.46. The zero-order chi connectivity index (χ0) is 21.0. The molecule has 0 fully saturated rings. The number of halogens is 5. The van der Waals surface area contributed by atoms with E-state index in [9.17, 15) is 35.2 Å². The Morgan fingerprint density at radius 2 is 1.74 bits per heavy atom. The van der Waals surface area contributed by atoms with Crippen molar-refractivity contribution in [2.45, 2.75) is 30.9 Å². The van der Waals surface area contributed by atoms with Gasteiger partial charge in [-0.2, -0.15) is 30.4 Å². The molecule has 27 heavy (non-hydrogen) atoms. The Labute approximate surface area is 152 Å². The molecule has 0 aliphatic carbocycles. The predicted octanol–water partition coefficient (Wildman–Crippen LogP) is 4.10. The molecule has 0 spiro atoms. The van der Waals surface area contributed by atoms with Crippen LogP contribution in [0.1, 0.15) is 18.9 Å². The van der Waals surface area contributed by atoms with Crippen LogP contribution in [0.5, 0.6) is 0 Å². The molecule has 0 saturated carbocycles. The molecule has 1 unspecified atom stereocenters. The molecule has 1 amide bonds. The van der Waals surface area contributed by atoms with Crippen LogP contribution in [-0.4, -0.2) is 31.9 Å². The van der Waals surface area contributed by atoms with Gasteiger partial charge in [-0.15, -0.1) is 6.58 Å². The number of nitrogens with one attached hydrogen (secondary N) is 1. The SMILES string of the molecule is C=Cc1ccc(NC(=O)C(F)(F)S(=O)(=O)OC(CC(=C)C)C(F)(F)F)cc1. The zero-order valence-electron chi connectivity index (χ0n) is 14.0. The fraction of sp³-hybridized carbons (Fsp3) is 0.312. The van der Waals surface area contributed by atoms with E-state index in [0.29, 0.717) is 5.56 Å². The Balaban J connectivity index is 3.04. The van der Waals surface area contributed by atoms with E-state index in [4.69, 9.17) is 0 Å². The Bertz CT molecular complexity index is 816. The first-order chi connectivity index (χ1) is 12.2. The summed E-state index contributed by atoms with van der Waals surface area (Å²) in [5.74, 6) is -2.36. The number of amides is 1. The van der Waals surface area contributed by atoms with E-state index >= 15 is 0 Å². The summed E-state index contributed by atoms with van der Waals surface area (Å²) in [6, 6.07) is 5.13. The van der Waals surface area contributed by atoms with Gasteiger partial charge < -0.3 is 5.32 Å². The van der Waals surface area contributed by atoms with Crippen LogP contribution < -0.4 is 5.32 Å². The molecule has 150 valence electrons. The van der Waals surface area contributed by atoms with Gasteiger partial charge in [-0.05, 0) is 24.6 Å². The minimum absolute atomic E-state index is 0.150. The molecule has 0 aliphatic rings. The van der Waals surface area contributed by atoms with Gasteiger partial charge in [-0.3, -0.25) is 8.98 Å². The molecule has 0 radical (unpaired) electrons. The Morgan fingerprint density at radius 1 is 1.22 bits per heavy atom. The third-order valence-electron chi connectivity index (χ3n) is 3.12. The Hall–Kier alpha value is -2.27. The van der Waals surface area contributed by atoms with Gasteiger partial charge >= 0.3 is 27.5 Å². The monoisotopic (exact) mass is 413 g/mol. The van der Waals surface area contributed by atoms with Gasteiger partial charge in [-0.1, -0.05) is 30.4 Å². The molecular formula is C16H16F5NO4S. The van der Waals surface area contributed by atoms with Gasteiger partial charge in [0.25, 0.3) is 0 Å². The number of hydrogen-bond acceptors (Lipinski definition) is 4. The molecule has 0 bridgehead atoms. The van der Waals surface area contributed by atoms with E-state index in [1.165, 1.54) is 30.3 Å². The summed E-state index contributed by atoms with van der Waals surface area (Å²) in [5, 5.41) is -3.65. The number of benzene rings is 1. The number of rotatable bonds is 8. The molecule has 11 heteroatoms. The van der Waals surface area contributed by atoms with E-state index in [1.807, 2.05) is 0 Å². The van der Waals surface area contributed by atoms with Crippen molar-refractivity contribution >= 4 is 27.8 Å². The molecule has 0 saturated heterocycles. The molecule has 0 aliphatic heterocycles. The van der Waals surface area contributed by atoms with Crippen molar-refractivity contribution in [3.63, 3.8) is 0 Å². The van der Waals surface area contributed by atoms with E-state index < -0.39 is 40.0 Å². The second-order valence-corrected chi connectivity index (χ2v) is 7.15. The van der Waals surface area contributed by atoms with Crippen LogP contribution >= 0.6 is 0 Å². The maximum absolute atomic E-state index is 14.0. The van der Waals surface area contributed by atoms with Gasteiger partial charge in [-0.25, -0.2) is 0 Å². The highest BCUT2D eigenvalue weighted by Gasteiger charge is 2.57. The zero-order valence-corrected chi connectivity index (χ0v) is 14.8. The molecule has 1 aromatic carbocycles. The molecule has 0 aromatic heterocycles. The maximum Gasteiger partial charge on any atom is 0.447 e. The minimum atomic E-state index is -6.24. The molecule has 1 N–H and O–H groups in total. The lowest BCUT2D eigenvalue weighted by Gasteiger charge is -2.23. The first-order valence-corrected chi connectivity index (χ1v) is 8.67. The number of hydrogen-bond donors (Lipinski definition) is 1. The summed E-state index contributed by atoms with van der Waals surface area (Å²) in [4.78, 5) is 11.6. The summed E-state index contributed by atoms with van der Waals surface area (Å²) in [5.41, 5.74) is 0.237. The summed E-state index contributed by atoms with van der Waals surface area (Å²) >= 11 is 0. The average molecular weight is 413 g/mol. The van der Waals surface area contributed by atoms with Crippen LogP contribution in [0.25, 0.3) is 6.08 Å². The Kier molecular flexibility index (Phi) is 6.89. The standard InChI is InChI=1S/C16H16F5NO4S/c1-4-11-5-7-12(8-6-11)22-14(23)16(20,21)27(24,25)26-13(9-10(2)3)15(17,18)19/h4-8,13H,1-2,9H2,3H3,(H,22,23). The second-order valence-electron chi connectivity index (χ2n) is 5.54. The normalized spacial score (nSPS) is 13.7. The van der Waals surface area contributed by atoms with Crippen molar-refractivity contribution in [1.29, 1.82) is 0 Å². The number of carbonyl (C=O) groups is 1. The van der Waals surface area contributed by atoms with Crippen molar-refractivity contribution in [1.82, 2.24) is 0 Å².